The van der Waals surface area contributed by atoms with E-state index >= 15 is 0 Å². The summed E-state index contributed by atoms with van der Waals surface area (Å²) < 4.78 is 0. The van der Waals surface area contributed by atoms with Crippen molar-refractivity contribution in [3.63, 3.8) is 0 Å². The molecule has 0 saturated carbocycles. The maximum atomic E-state index is 10.7. The number of nitrogens with zero attached hydrogens (tertiary/aromatic N) is 2. The Morgan fingerprint density at radius 2 is 2.33 bits per heavy atom. The number of aromatic nitrogens is 2. The second-order valence-corrected chi connectivity index (χ2v) is 4.82. The lowest BCUT2D eigenvalue weighted by Gasteiger charge is -2.10. The first kappa shape index (κ1) is 12.5. The average Bonchev–Trinajstić information content (AvgIpc) is 2.90. The minimum atomic E-state index is -0.967. The summed E-state index contributed by atoms with van der Waals surface area (Å²) in [5, 5.41) is 14.9. The number of carboxylic acid groups (broad SMARTS) is 1. The van der Waals surface area contributed by atoms with Crippen molar-refractivity contribution in [3.05, 3.63) is 40.5 Å². The summed E-state index contributed by atoms with van der Waals surface area (Å²) in [6, 6.07) is 3.20. The quantitative estimate of drug-likeness (QED) is 0.866. The molecule has 0 aliphatic heterocycles. The third-order valence-corrected chi connectivity index (χ3v) is 3.48. The van der Waals surface area contributed by atoms with E-state index in [-0.39, 0.29) is 5.56 Å². The van der Waals surface area contributed by atoms with Gasteiger partial charge < -0.3 is 10.4 Å². The van der Waals surface area contributed by atoms with Crippen LogP contribution in [0, 0.1) is 0 Å². The van der Waals surface area contributed by atoms with Gasteiger partial charge in [-0.3, -0.25) is 0 Å². The Balaban J connectivity index is 1.92. The van der Waals surface area contributed by atoms with Crippen LogP contribution in [0.2, 0.25) is 0 Å². The number of anilines is 1. The zero-order chi connectivity index (χ0) is 13.0. The number of aromatic carboxylic acids is 1. The van der Waals surface area contributed by atoms with Gasteiger partial charge in [0.2, 0.25) is 0 Å². The van der Waals surface area contributed by atoms with Crippen LogP contribution in [0.1, 0.15) is 28.2 Å². The molecule has 6 heteroatoms. The predicted molar refractivity (Wildman–Crippen MR) is 70.2 cm³/mol. The molecule has 18 heavy (non-hydrogen) atoms. The molecule has 94 valence electrons. The van der Waals surface area contributed by atoms with Gasteiger partial charge in [0.25, 0.3) is 0 Å². The van der Waals surface area contributed by atoms with Gasteiger partial charge in [-0.25, -0.2) is 14.8 Å². The molecule has 2 heterocycles. The number of thiazole rings is 1. The fourth-order valence-electron chi connectivity index (χ4n) is 1.45. The summed E-state index contributed by atoms with van der Waals surface area (Å²) in [6.07, 6.45) is 3.13. The van der Waals surface area contributed by atoms with E-state index < -0.39 is 5.97 Å². The maximum absolute atomic E-state index is 10.7. The predicted octanol–water partition coefficient (Wildman–Crippen LogP) is 2.45. The van der Waals surface area contributed by atoms with Crippen LogP contribution < -0.4 is 5.32 Å². The molecule has 0 radical (unpaired) electrons. The minimum Gasteiger partial charge on any atom is -0.478 e. The molecule has 2 aromatic heterocycles. The highest BCUT2D eigenvalue weighted by molar-refractivity contribution is 7.09. The zero-order valence-electron chi connectivity index (χ0n) is 9.83. The summed E-state index contributed by atoms with van der Waals surface area (Å²) >= 11 is 1.62. The van der Waals surface area contributed by atoms with Gasteiger partial charge in [0.1, 0.15) is 5.82 Å². The molecule has 2 rings (SSSR count). The molecule has 0 aromatic carbocycles. The van der Waals surface area contributed by atoms with E-state index in [0.717, 1.165) is 5.01 Å². The SMILES string of the molecule is CC(CNc1ccc(C(=O)O)cn1)c1nccs1. The van der Waals surface area contributed by atoms with Gasteiger partial charge in [-0.05, 0) is 12.1 Å². The number of hydrogen-bond donors (Lipinski definition) is 2. The van der Waals surface area contributed by atoms with Crippen molar-refractivity contribution >= 4 is 23.1 Å². The number of rotatable bonds is 5. The average molecular weight is 263 g/mol. The third kappa shape index (κ3) is 3.04. The van der Waals surface area contributed by atoms with E-state index in [2.05, 4.69) is 22.2 Å². The van der Waals surface area contributed by atoms with Crippen molar-refractivity contribution in [2.24, 2.45) is 0 Å². The highest BCUT2D eigenvalue weighted by Crippen LogP contribution is 2.18. The van der Waals surface area contributed by atoms with Crippen LogP contribution in [0.4, 0.5) is 5.82 Å². The molecule has 0 bridgehead atoms. The van der Waals surface area contributed by atoms with Crippen LogP contribution in [0.15, 0.2) is 29.9 Å². The lowest BCUT2D eigenvalue weighted by Crippen LogP contribution is -2.10. The third-order valence-electron chi connectivity index (χ3n) is 2.47. The highest BCUT2D eigenvalue weighted by atomic mass is 32.1. The summed E-state index contributed by atoms with van der Waals surface area (Å²) in [5.74, 6) is -0.000407. The maximum Gasteiger partial charge on any atom is 0.337 e. The molecule has 1 atom stereocenters. The molecule has 2 aromatic rings. The first-order chi connectivity index (χ1) is 8.66. The van der Waals surface area contributed by atoms with Crippen molar-refractivity contribution in [2.75, 3.05) is 11.9 Å². The van der Waals surface area contributed by atoms with Crippen molar-refractivity contribution in [3.8, 4) is 0 Å². The molecule has 2 N–H and O–H groups in total. The topological polar surface area (TPSA) is 75.1 Å². The largest absolute Gasteiger partial charge is 0.478 e. The van der Waals surface area contributed by atoms with Crippen molar-refractivity contribution < 1.29 is 9.90 Å². The van der Waals surface area contributed by atoms with Gasteiger partial charge in [0, 0.05) is 30.2 Å². The van der Waals surface area contributed by atoms with Gasteiger partial charge in [-0.1, -0.05) is 6.92 Å². The van der Waals surface area contributed by atoms with E-state index in [1.165, 1.54) is 12.3 Å². The summed E-state index contributed by atoms with van der Waals surface area (Å²) in [7, 11) is 0. The molecular formula is C12H13N3O2S. The van der Waals surface area contributed by atoms with E-state index in [4.69, 9.17) is 5.11 Å². The summed E-state index contributed by atoms with van der Waals surface area (Å²) in [5.41, 5.74) is 0.188. The Morgan fingerprint density at radius 1 is 1.50 bits per heavy atom. The monoisotopic (exact) mass is 263 g/mol. The Labute approximate surface area is 109 Å². The number of nitrogens with one attached hydrogen (secondary N) is 1. The molecule has 0 amide bonds. The lowest BCUT2D eigenvalue weighted by molar-refractivity contribution is 0.0696. The smallest absolute Gasteiger partial charge is 0.337 e. The van der Waals surface area contributed by atoms with Gasteiger partial charge in [0.05, 0.1) is 10.6 Å². The van der Waals surface area contributed by atoms with Crippen molar-refractivity contribution in [2.45, 2.75) is 12.8 Å². The van der Waals surface area contributed by atoms with Crippen LogP contribution in [0.25, 0.3) is 0 Å². The standard InChI is InChI=1S/C12H13N3O2S/c1-8(11-13-4-5-18-11)6-14-10-3-2-9(7-15-10)12(16)17/h2-5,7-8H,6H2,1H3,(H,14,15)(H,16,17). The normalized spacial score (nSPS) is 12.1. The van der Waals surface area contributed by atoms with Crippen LogP contribution in [0.5, 0.6) is 0 Å². The number of carboxylic acids is 1. The molecule has 0 fully saturated rings. The fraction of sp³-hybridized carbons (Fsp3) is 0.250. The van der Waals surface area contributed by atoms with Gasteiger partial charge in [0.15, 0.2) is 0 Å². The van der Waals surface area contributed by atoms with Gasteiger partial charge >= 0.3 is 5.97 Å². The highest BCUT2D eigenvalue weighted by Gasteiger charge is 2.08. The van der Waals surface area contributed by atoms with E-state index in [1.807, 2.05) is 5.38 Å². The van der Waals surface area contributed by atoms with Gasteiger partial charge in [-0.2, -0.15) is 0 Å². The first-order valence-corrected chi connectivity index (χ1v) is 6.37. The Kier molecular flexibility index (Phi) is 3.88. The molecule has 0 aliphatic carbocycles. The van der Waals surface area contributed by atoms with E-state index in [9.17, 15) is 4.79 Å². The Bertz CT molecular complexity index is 511. The number of hydrogen-bond acceptors (Lipinski definition) is 5. The Hall–Kier alpha value is -1.95. The summed E-state index contributed by atoms with van der Waals surface area (Å²) in [6.45, 7) is 2.80. The molecular weight excluding hydrogens is 250 g/mol. The van der Waals surface area contributed by atoms with Gasteiger partial charge in [-0.15, -0.1) is 11.3 Å². The molecule has 0 saturated heterocycles. The van der Waals surface area contributed by atoms with E-state index in [1.54, 1.807) is 23.6 Å². The van der Waals surface area contributed by atoms with Crippen molar-refractivity contribution in [1.29, 1.82) is 0 Å². The minimum absolute atomic E-state index is 0.188. The number of carbonyl (C=O) groups is 1. The molecule has 5 nitrogen and oxygen atoms in total. The van der Waals surface area contributed by atoms with Crippen LogP contribution in [0.3, 0.4) is 0 Å². The first-order valence-electron chi connectivity index (χ1n) is 5.49. The fourth-order valence-corrected chi connectivity index (χ4v) is 2.15. The van der Waals surface area contributed by atoms with Crippen LogP contribution >= 0.6 is 11.3 Å². The lowest BCUT2D eigenvalue weighted by atomic mass is 10.2. The molecule has 0 aliphatic rings. The summed E-state index contributed by atoms with van der Waals surface area (Å²) in [4.78, 5) is 19.0. The molecule has 0 spiro atoms. The van der Waals surface area contributed by atoms with Crippen molar-refractivity contribution in [1.82, 2.24) is 9.97 Å². The molecule has 1 unspecified atom stereocenters. The second-order valence-electron chi connectivity index (χ2n) is 3.89. The van der Waals surface area contributed by atoms with E-state index in [0.29, 0.717) is 18.3 Å². The zero-order valence-corrected chi connectivity index (χ0v) is 10.6. The number of pyridine rings is 1. The van der Waals surface area contributed by atoms with Crippen LogP contribution in [-0.2, 0) is 0 Å². The Morgan fingerprint density at radius 3 is 2.89 bits per heavy atom. The second kappa shape index (κ2) is 5.59. The van der Waals surface area contributed by atoms with Crippen LogP contribution in [-0.4, -0.2) is 27.6 Å².